The molecule has 2 fully saturated rings. The lowest BCUT2D eigenvalue weighted by atomic mass is 9.95. The van der Waals surface area contributed by atoms with E-state index in [0.29, 0.717) is 17.1 Å². The van der Waals surface area contributed by atoms with E-state index in [1.165, 1.54) is 32.1 Å². The Bertz CT molecular complexity index is 713. The molecule has 2 aliphatic rings. The molecule has 1 saturated heterocycles. The van der Waals surface area contributed by atoms with Crippen molar-refractivity contribution in [1.82, 2.24) is 15.6 Å². The van der Waals surface area contributed by atoms with Crippen LogP contribution in [-0.4, -0.2) is 30.2 Å². The van der Waals surface area contributed by atoms with E-state index < -0.39 is 0 Å². The summed E-state index contributed by atoms with van der Waals surface area (Å²) in [6.07, 6.45) is 16.6. The number of anilines is 1. The molecule has 0 aromatic carbocycles. The number of piperidine rings is 1. The van der Waals surface area contributed by atoms with Crippen LogP contribution in [0, 0.1) is 0 Å². The van der Waals surface area contributed by atoms with Crippen molar-refractivity contribution < 1.29 is 0 Å². The van der Waals surface area contributed by atoms with Gasteiger partial charge in [-0.2, -0.15) is 0 Å². The Labute approximate surface area is 174 Å². The maximum atomic E-state index is 6.41. The number of rotatable bonds is 7. The van der Waals surface area contributed by atoms with Gasteiger partial charge >= 0.3 is 0 Å². The fourth-order valence-corrected chi connectivity index (χ4v) is 4.20. The molecule has 1 aromatic heterocycles. The molecule has 0 bridgehead atoms. The number of hydrogen-bond acceptors (Lipinski definition) is 4. The summed E-state index contributed by atoms with van der Waals surface area (Å²) in [5, 5.41) is 11.1. The van der Waals surface area contributed by atoms with Gasteiger partial charge in [-0.3, -0.25) is 0 Å². The standard InChI is InChI=1S/C23H33ClN4/c1-17(7-6-8-18(2)27-20-11-13-25-14-12-20)21-15-23(26-16-22(21)24)28-19-9-4-3-5-10-19/h6-8,15-16,19-20,25,27H,2-5,9-14H2,1H3,(H,26,28)/b8-6-,17-7+. The largest absolute Gasteiger partial charge is 0.383 e. The van der Waals surface area contributed by atoms with E-state index in [2.05, 4.69) is 46.6 Å². The lowest BCUT2D eigenvalue weighted by Gasteiger charge is -2.24. The highest BCUT2D eigenvalue weighted by molar-refractivity contribution is 6.32. The maximum Gasteiger partial charge on any atom is 0.126 e. The van der Waals surface area contributed by atoms with E-state index in [9.17, 15) is 0 Å². The molecule has 3 rings (SSSR count). The molecule has 1 saturated carbocycles. The van der Waals surface area contributed by atoms with E-state index in [4.69, 9.17) is 11.6 Å². The second-order valence-corrected chi connectivity index (χ2v) is 8.34. The second-order valence-electron chi connectivity index (χ2n) is 7.93. The third-order valence-electron chi connectivity index (χ3n) is 5.61. The average Bonchev–Trinajstić information content (AvgIpc) is 2.71. The Balaban J connectivity index is 1.59. The number of nitrogens with zero attached hydrogens (tertiary/aromatic N) is 1. The second kappa shape index (κ2) is 10.7. The van der Waals surface area contributed by atoms with Crippen molar-refractivity contribution >= 4 is 23.0 Å². The van der Waals surface area contributed by atoms with E-state index >= 15 is 0 Å². The smallest absolute Gasteiger partial charge is 0.126 e. The Morgan fingerprint density at radius 2 is 1.93 bits per heavy atom. The van der Waals surface area contributed by atoms with Gasteiger partial charge in [-0.25, -0.2) is 4.98 Å². The van der Waals surface area contributed by atoms with E-state index in [-0.39, 0.29) is 0 Å². The summed E-state index contributed by atoms with van der Waals surface area (Å²) in [5.41, 5.74) is 3.10. The lowest BCUT2D eigenvalue weighted by Crippen LogP contribution is -2.39. The Kier molecular flexibility index (Phi) is 7.99. The summed E-state index contributed by atoms with van der Waals surface area (Å²) in [6, 6.07) is 3.12. The van der Waals surface area contributed by atoms with Crippen molar-refractivity contribution in [3.05, 3.63) is 53.4 Å². The third-order valence-corrected chi connectivity index (χ3v) is 5.91. The molecule has 5 heteroatoms. The predicted octanol–water partition coefficient (Wildman–Crippen LogP) is 5.29. The number of allylic oxidation sites excluding steroid dienone is 4. The normalized spacial score (nSPS) is 19.7. The summed E-state index contributed by atoms with van der Waals surface area (Å²) in [7, 11) is 0. The monoisotopic (exact) mass is 400 g/mol. The molecule has 4 nitrogen and oxygen atoms in total. The van der Waals surface area contributed by atoms with Crippen LogP contribution in [0.4, 0.5) is 5.82 Å². The minimum Gasteiger partial charge on any atom is -0.383 e. The number of aromatic nitrogens is 1. The van der Waals surface area contributed by atoms with Crippen LogP contribution in [0.25, 0.3) is 5.57 Å². The summed E-state index contributed by atoms with van der Waals surface area (Å²) in [4.78, 5) is 4.47. The van der Waals surface area contributed by atoms with Crippen LogP contribution >= 0.6 is 11.6 Å². The topological polar surface area (TPSA) is 49.0 Å². The van der Waals surface area contributed by atoms with Gasteiger partial charge in [-0.15, -0.1) is 0 Å². The zero-order valence-corrected chi connectivity index (χ0v) is 17.7. The van der Waals surface area contributed by atoms with Gasteiger partial charge in [0, 0.05) is 29.5 Å². The van der Waals surface area contributed by atoms with Crippen LogP contribution in [0.1, 0.15) is 57.4 Å². The molecule has 0 radical (unpaired) electrons. The van der Waals surface area contributed by atoms with E-state index in [1.807, 2.05) is 12.2 Å². The lowest BCUT2D eigenvalue weighted by molar-refractivity contribution is 0.415. The molecular formula is C23H33ClN4. The van der Waals surface area contributed by atoms with Crippen LogP contribution in [0.2, 0.25) is 5.02 Å². The molecule has 3 N–H and O–H groups in total. The van der Waals surface area contributed by atoms with Crippen molar-refractivity contribution in [2.75, 3.05) is 18.4 Å². The van der Waals surface area contributed by atoms with Crippen molar-refractivity contribution in [2.45, 2.75) is 64.0 Å². The summed E-state index contributed by atoms with van der Waals surface area (Å²) in [6.45, 7) is 8.35. The first kappa shape index (κ1) is 20.9. The highest BCUT2D eigenvalue weighted by atomic mass is 35.5. The van der Waals surface area contributed by atoms with Gasteiger partial charge in [0.25, 0.3) is 0 Å². The SMILES string of the molecule is C=C(/C=C\C=C(/C)c1cc(NC2CCCCC2)ncc1Cl)NC1CCNCC1. The first-order chi connectivity index (χ1) is 13.6. The minimum atomic E-state index is 0.520. The molecule has 2 heterocycles. The van der Waals surface area contributed by atoms with Gasteiger partial charge in [-0.05, 0) is 63.4 Å². The van der Waals surface area contributed by atoms with Crippen LogP contribution in [0.15, 0.2) is 42.8 Å². The van der Waals surface area contributed by atoms with Gasteiger partial charge in [0.15, 0.2) is 0 Å². The molecule has 1 aliphatic heterocycles. The van der Waals surface area contributed by atoms with Gasteiger partial charge in [-0.1, -0.05) is 49.6 Å². The number of nitrogens with one attached hydrogen (secondary N) is 3. The fraction of sp³-hybridized carbons (Fsp3) is 0.522. The molecule has 0 amide bonds. The number of hydrogen-bond donors (Lipinski definition) is 3. The van der Waals surface area contributed by atoms with Gasteiger partial charge in [0.05, 0.1) is 5.02 Å². The van der Waals surface area contributed by atoms with Crippen LogP contribution in [0.3, 0.4) is 0 Å². The summed E-state index contributed by atoms with van der Waals surface area (Å²) in [5.74, 6) is 0.917. The molecule has 1 aliphatic carbocycles. The Morgan fingerprint density at radius 3 is 2.68 bits per heavy atom. The number of halogens is 1. The molecule has 0 spiro atoms. The van der Waals surface area contributed by atoms with Gasteiger partial charge < -0.3 is 16.0 Å². The van der Waals surface area contributed by atoms with Gasteiger partial charge in [0.2, 0.25) is 0 Å². The molecule has 28 heavy (non-hydrogen) atoms. The van der Waals surface area contributed by atoms with E-state index in [1.54, 1.807) is 6.20 Å². The highest BCUT2D eigenvalue weighted by Crippen LogP contribution is 2.27. The molecular weight excluding hydrogens is 368 g/mol. The van der Waals surface area contributed by atoms with Crippen LogP contribution < -0.4 is 16.0 Å². The number of pyridine rings is 1. The third kappa shape index (κ3) is 6.39. The minimum absolute atomic E-state index is 0.520. The molecule has 152 valence electrons. The summed E-state index contributed by atoms with van der Waals surface area (Å²) < 4.78 is 0. The first-order valence-electron chi connectivity index (χ1n) is 10.6. The quantitative estimate of drug-likeness (QED) is 0.544. The van der Waals surface area contributed by atoms with Crippen molar-refractivity contribution in [3.8, 4) is 0 Å². The zero-order valence-electron chi connectivity index (χ0n) is 16.9. The molecule has 1 aromatic rings. The van der Waals surface area contributed by atoms with Crippen molar-refractivity contribution in [3.63, 3.8) is 0 Å². The Hall–Kier alpha value is -1.78. The first-order valence-corrected chi connectivity index (χ1v) is 10.9. The Morgan fingerprint density at radius 1 is 1.18 bits per heavy atom. The zero-order chi connectivity index (χ0) is 19.8. The van der Waals surface area contributed by atoms with Crippen LogP contribution in [0.5, 0.6) is 0 Å². The maximum absolute atomic E-state index is 6.41. The van der Waals surface area contributed by atoms with Crippen molar-refractivity contribution in [1.29, 1.82) is 0 Å². The molecule has 0 atom stereocenters. The summed E-state index contributed by atoms with van der Waals surface area (Å²) >= 11 is 6.41. The van der Waals surface area contributed by atoms with E-state index in [0.717, 1.165) is 48.6 Å². The molecule has 0 unspecified atom stereocenters. The van der Waals surface area contributed by atoms with Gasteiger partial charge in [0.1, 0.15) is 5.82 Å². The highest BCUT2D eigenvalue weighted by Gasteiger charge is 2.14. The fourth-order valence-electron chi connectivity index (χ4n) is 3.95. The van der Waals surface area contributed by atoms with Crippen LogP contribution in [-0.2, 0) is 0 Å². The average molecular weight is 401 g/mol. The predicted molar refractivity (Wildman–Crippen MR) is 121 cm³/mol. The van der Waals surface area contributed by atoms with Crippen molar-refractivity contribution in [2.24, 2.45) is 0 Å².